The van der Waals surface area contributed by atoms with Crippen LogP contribution >= 0.6 is 0 Å². The van der Waals surface area contributed by atoms with Crippen LogP contribution < -0.4 is 5.73 Å². The smallest absolute Gasteiger partial charge is 0.0316 e. The number of nitrogens with two attached hydrogens (primary N) is 1. The largest absolute Gasteiger partial charge is 0.399 e. The molecule has 1 rings (SSSR count). The number of allylic oxidation sites excluding steroid dienone is 6. The quantitative estimate of drug-likeness (QED) is 0.580. The van der Waals surface area contributed by atoms with Crippen LogP contribution in [0.2, 0.25) is 0 Å². The SMILES string of the molecule is C=C1/C=C\CCC/C=C\C(N)=C/1. The van der Waals surface area contributed by atoms with Gasteiger partial charge in [-0.15, -0.1) is 0 Å². The predicted octanol–water partition coefficient (Wildman–Crippen LogP) is 2.68. The first-order valence-corrected chi connectivity index (χ1v) is 4.28. The lowest BCUT2D eigenvalue weighted by Gasteiger charge is -1.97. The topological polar surface area (TPSA) is 26.0 Å². The van der Waals surface area contributed by atoms with Crippen LogP contribution in [0.15, 0.2) is 48.2 Å². The van der Waals surface area contributed by atoms with Gasteiger partial charge in [0.25, 0.3) is 0 Å². The molecule has 12 heavy (non-hydrogen) atoms. The average molecular weight is 161 g/mol. The van der Waals surface area contributed by atoms with Crippen LogP contribution in [0.25, 0.3) is 0 Å². The van der Waals surface area contributed by atoms with Crippen molar-refractivity contribution in [2.24, 2.45) is 5.73 Å². The summed E-state index contributed by atoms with van der Waals surface area (Å²) in [6.45, 7) is 3.86. The first-order valence-electron chi connectivity index (χ1n) is 4.28. The van der Waals surface area contributed by atoms with Gasteiger partial charge in [-0.3, -0.25) is 0 Å². The second-order valence-corrected chi connectivity index (χ2v) is 2.95. The molecule has 1 aliphatic carbocycles. The molecule has 0 atom stereocenters. The molecule has 64 valence electrons. The van der Waals surface area contributed by atoms with Crippen molar-refractivity contribution >= 4 is 0 Å². The fourth-order valence-electron chi connectivity index (χ4n) is 1.12. The Labute approximate surface area is 74.0 Å². The third-order valence-corrected chi connectivity index (χ3v) is 1.74. The number of hydrogen-bond acceptors (Lipinski definition) is 1. The molecular weight excluding hydrogens is 146 g/mol. The summed E-state index contributed by atoms with van der Waals surface area (Å²) >= 11 is 0. The molecule has 1 heteroatoms. The van der Waals surface area contributed by atoms with E-state index < -0.39 is 0 Å². The van der Waals surface area contributed by atoms with E-state index in [1.165, 1.54) is 6.42 Å². The zero-order valence-electron chi connectivity index (χ0n) is 7.29. The Kier molecular flexibility index (Phi) is 3.39. The maximum atomic E-state index is 5.69. The van der Waals surface area contributed by atoms with Crippen LogP contribution in [-0.4, -0.2) is 0 Å². The molecule has 0 aromatic rings. The summed E-state index contributed by atoms with van der Waals surface area (Å²) in [6.07, 6.45) is 13.5. The highest BCUT2D eigenvalue weighted by Gasteiger charge is 1.88. The third kappa shape index (κ3) is 3.24. The van der Waals surface area contributed by atoms with E-state index in [-0.39, 0.29) is 0 Å². The maximum Gasteiger partial charge on any atom is 0.0316 e. The Balaban J connectivity index is 2.73. The molecule has 0 saturated carbocycles. The molecule has 0 aliphatic heterocycles. The van der Waals surface area contributed by atoms with Crippen molar-refractivity contribution in [2.75, 3.05) is 0 Å². The minimum atomic E-state index is 0.784. The van der Waals surface area contributed by atoms with Crippen LogP contribution in [-0.2, 0) is 0 Å². The van der Waals surface area contributed by atoms with Crippen molar-refractivity contribution in [2.45, 2.75) is 19.3 Å². The van der Waals surface area contributed by atoms with E-state index in [4.69, 9.17) is 5.73 Å². The fourth-order valence-corrected chi connectivity index (χ4v) is 1.12. The van der Waals surface area contributed by atoms with E-state index in [0.717, 1.165) is 24.1 Å². The van der Waals surface area contributed by atoms with Crippen LogP contribution in [0.1, 0.15) is 19.3 Å². The van der Waals surface area contributed by atoms with Gasteiger partial charge < -0.3 is 5.73 Å². The Morgan fingerprint density at radius 1 is 1.17 bits per heavy atom. The lowest BCUT2D eigenvalue weighted by molar-refractivity contribution is 0.866. The Morgan fingerprint density at radius 3 is 2.58 bits per heavy atom. The number of hydrogen-bond donors (Lipinski definition) is 1. The first kappa shape index (κ1) is 8.85. The summed E-state index contributed by atoms with van der Waals surface area (Å²) in [5.74, 6) is 0. The molecular formula is C11H15N. The lowest BCUT2D eigenvalue weighted by atomic mass is 10.1. The standard InChI is InChI=1S/C11H15N/c1-10-7-5-3-2-4-6-8-11(12)9-10/h5-9H,1-4,12H2/b7-5-,8-6-,11-9+. The third-order valence-electron chi connectivity index (χ3n) is 1.74. The molecule has 1 aliphatic rings. The Morgan fingerprint density at radius 2 is 1.83 bits per heavy atom. The van der Waals surface area contributed by atoms with E-state index in [2.05, 4.69) is 18.7 Å². The van der Waals surface area contributed by atoms with Gasteiger partial charge in [0.2, 0.25) is 0 Å². The summed E-state index contributed by atoms with van der Waals surface area (Å²) in [5.41, 5.74) is 7.45. The van der Waals surface area contributed by atoms with Crippen LogP contribution in [0.5, 0.6) is 0 Å². The maximum absolute atomic E-state index is 5.69. The molecule has 0 saturated heterocycles. The fraction of sp³-hybridized carbons (Fsp3) is 0.273. The molecule has 0 bridgehead atoms. The van der Waals surface area contributed by atoms with Gasteiger partial charge in [-0.05, 0) is 37.0 Å². The molecule has 0 aromatic heterocycles. The van der Waals surface area contributed by atoms with Gasteiger partial charge in [-0.25, -0.2) is 0 Å². The van der Waals surface area contributed by atoms with Crippen molar-refractivity contribution < 1.29 is 0 Å². The second-order valence-electron chi connectivity index (χ2n) is 2.95. The summed E-state index contributed by atoms with van der Waals surface area (Å²) in [4.78, 5) is 0. The monoisotopic (exact) mass is 161 g/mol. The highest BCUT2D eigenvalue weighted by atomic mass is 14.5. The molecule has 2 N–H and O–H groups in total. The van der Waals surface area contributed by atoms with Crippen molar-refractivity contribution in [3.05, 3.63) is 48.2 Å². The van der Waals surface area contributed by atoms with E-state index in [1.807, 2.05) is 18.2 Å². The highest BCUT2D eigenvalue weighted by molar-refractivity contribution is 5.33. The molecule has 0 unspecified atom stereocenters. The van der Waals surface area contributed by atoms with Crippen LogP contribution in [0.3, 0.4) is 0 Å². The van der Waals surface area contributed by atoms with Crippen molar-refractivity contribution in [3.63, 3.8) is 0 Å². The normalized spacial score (nSPS) is 28.7. The minimum Gasteiger partial charge on any atom is -0.399 e. The molecule has 0 amide bonds. The highest BCUT2D eigenvalue weighted by Crippen LogP contribution is 2.06. The molecule has 0 aromatic carbocycles. The average Bonchev–Trinajstić information content (AvgIpc) is 2.02. The van der Waals surface area contributed by atoms with Gasteiger partial charge in [-0.1, -0.05) is 24.8 Å². The predicted molar refractivity (Wildman–Crippen MR) is 53.5 cm³/mol. The minimum absolute atomic E-state index is 0.784. The van der Waals surface area contributed by atoms with Crippen molar-refractivity contribution in [1.29, 1.82) is 0 Å². The summed E-state index contributed by atoms with van der Waals surface area (Å²) in [7, 11) is 0. The molecule has 0 fully saturated rings. The van der Waals surface area contributed by atoms with Gasteiger partial charge >= 0.3 is 0 Å². The first-order chi connectivity index (χ1) is 5.79. The van der Waals surface area contributed by atoms with E-state index in [0.29, 0.717) is 0 Å². The molecule has 0 radical (unpaired) electrons. The molecule has 1 nitrogen and oxygen atoms in total. The Bertz CT molecular complexity index is 244. The van der Waals surface area contributed by atoms with Gasteiger partial charge in [0.05, 0.1) is 0 Å². The van der Waals surface area contributed by atoms with E-state index >= 15 is 0 Å². The second kappa shape index (κ2) is 4.60. The van der Waals surface area contributed by atoms with Gasteiger partial charge in [-0.2, -0.15) is 0 Å². The molecule has 0 spiro atoms. The Hall–Kier alpha value is -1.24. The van der Waals surface area contributed by atoms with Gasteiger partial charge in [0.1, 0.15) is 0 Å². The number of rotatable bonds is 0. The van der Waals surface area contributed by atoms with Crippen molar-refractivity contribution in [3.8, 4) is 0 Å². The van der Waals surface area contributed by atoms with E-state index in [9.17, 15) is 0 Å². The lowest BCUT2D eigenvalue weighted by Crippen LogP contribution is -1.93. The summed E-state index contributed by atoms with van der Waals surface area (Å²) in [5, 5.41) is 0. The summed E-state index contributed by atoms with van der Waals surface area (Å²) in [6, 6.07) is 0. The van der Waals surface area contributed by atoms with Crippen molar-refractivity contribution in [1.82, 2.24) is 0 Å². The van der Waals surface area contributed by atoms with Gasteiger partial charge in [0, 0.05) is 5.70 Å². The summed E-state index contributed by atoms with van der Waals surface area (Å²) < 4.78 is 0. The van der Waals surface area contributed by atoms with E-state index in [1.54, 1.807) is 0 Å². The zero-order valence-corrected chi connectivity index (χ0v) is 7.29. The molecule has 0 heterocycles. The zero-order chi connectivity index (χ0) is 8.81. The van der Waals surface area contributed by atoms with Crippen LogP contribution in [0.4, 0.5) is 0 Å². The van der Waals surface area contributed by atoms with Gasteiger partial charge in [0.15, 0.2) is 0 Å². The van der Waals surface area contributed by atoms with Crippen LogP contribution in [0, 0.1) is 0 Å².